The van der Waals surface area contributed by atoms with Crippen molar-refractivity contribution in [2.75, 3.05) is 19.6 Å². The average Bonchev–Trinajstić information content (AvgIpc) is 2.54. The van der Waals surface area contributed by atoms with E-state index in [-0.39, 0.29) is 0 Å². The molecule has 0 bridgehead atoms. The topological polar surface area (TPSA) is 40.5 Å². The number of hydrogen-bond acceptors (Lipinski definition) is 2. The molecule has 2 aliphatic rings. The highest BCUT2D eigenvalue weighted by atomic mass is 16.4. The maximum atomic E-state index is 11.8. The maximum absolute atomic E-state index is 11.8. The van der Waals surface area contributed by atoms with Crippen molar-refractivity contribution in [3.05, 3.63) is 0 Å². The van der Waals surface area contributed by atoms with Gasteiger partial charge >= 0.3 is 5.97 Å². The van der Waals surface area contributed by atoms with Crippen LogP contribution in [0.2, 0.25) is 0 Å². The van der Waals surface area contributed by atoms with Crippen molar-refractivity contribution in [1.29, 1.82) is 0 Å². The lowest BCUT2D eigenvalue weighted by atomic mass is 9.70. The van der Waals surface area contributed by atoms with E-state index in [1.807, 2.05) is 0 Å². The van der Waals surface area contributed by atoms with Gasteiger partial charge in [-0.15, -0.1) is 0 Å². The summed E-state index contributed by atoms with van der Waals surface area (Å²) in [5.74, 6) is 0.137. The van der Waals surface area contributed by atoms with Gasteiger partial charge in [0.1, 0.15) is 0 Å². The van der Waals surface area contributed by atoms with Gasteiger partial charge in [-0.1, -0.05) is 20.8 Å². The van der Waals surface area contributed by atoms with E-state index in [4.69, 9.17) is 0 Å². The second-order valence-electron chi connectivity index (χ2n) is 8.06. The molecule has 0 aromatic carbocycles. The molecule has 3 heteroatoms. The molecule has 3 nitrogen and oxygen atoms in total. The third-order valence-electron chi connectivity index (χ3n) is 5.64. The van der Waals surface area contributed by atoms with Crippen LogP contribution in [0.4, 0.5) is 0 Å². The zero-order chi connectivity index (χ0) is 14.8. The molecule has 1 saturated heterocycles. The molecule has 1 aliphatic heterocycles. The predicted octanol–water partition coefficient (Wildman–Crippen LogP) is 3.78. The van der Waals surface area contributed by atoms with E-state index in [9.17, 15) is 9.90 Å². The molecule has 0 spiro atoms. The van der Waals surface area contributed by atoms with Crippen LogP contribution in [0.25, 0.3) is 0 Å². The molecule has 0 unspecified atom stereocenters. The summed E-state index contributed by atoms with van der Waals surface area (Å²) in [5, 5.41) is 9.75. The Morgan fingerprint density at radius 1 is 1.15 bits per heavy atom. The molecule has 2 rings (SSSR count). The number of carbonyl (C=O) groups is 1. The van der Waals surface area contributed by atoms with Gasteiger partial charge in [-0.2, -0.15) is 0 Å². The predicted molar refractivity (Wildman–Crippen MR) is 81.8 cm³/mol. The molecule has 1 heterocycles. The first kappa shape index (κ1) is 15.8. The lowest BCUT2D eigenvalue weighted by Gasteiger charge is -2.39. The van der Waals surface area contributed by atoms with E-state index in [2.05, 4.69) is 25.7 Å². The molecule has 0 amide bonds. The SMILES string of the molecule is CC1CCC(CN2CCCC(C)(C)CC2)(C(=O)O)CC1. The highest BCUT2D eigenvalue weighted by molar-refractivity contribution is 5.75. The molecule has 116 valence electrons. The fourth-order valence-corrected chi connectivity index (χ4v) is 3.82. The number of likely N-dealkylation sites (tertiary alicyclic amines) is 1. The number of aliphatic carboxylic acids is 1. The van der Waals surface area contributed by atoms with Crippen LogP contribution in [-0.4, -0.2) is 35.6 Å². The van der Waals surface area contributed by atoms with E-state index in [1.165, 1.54) is 19.3 Å². The Bertz CT molecular complexity index is 343. The Balaban J connectivity index is 2.00. The first-order valence-corrected chi connectivity index (χ1v) is 8.29. The van der Waals surface area contributed by atoms with Gasteiger partial charge in [-0.25, -0.2) is 0 Å². The summed E-state index contributed by atoms with van der Waals surface area (Å²) in [5.41, 5.74) is -0.0484. The lowest BCUT2D eigenvalue weighted by Crippen LogP contribution is -2.45. The third kappa shape index (κ3) is 3.75. The molecule has 2 fully saturated rings. The number of hydrogen-bond donors (Lipinski definition) is 1. The highest BCUT2D eigenvalue weighted by Crippen LogP contribution is 2.40. The minimum Gasteiger partial charge on any atom is -0.481 e. The molecule has 0 aromatic heterocycles. The largest absolute Gasteiger partial charge is 0.481 e. The fraction of sp³-hybridized carbons (Fsp3) is 0.941. The number of carboxylic acid groups (broad SMARTS) is 1. The van der Waals surface area contributed by atoms with Gasteiger partial charge in [0.25, 0.3) is 0 Å². The van der Waals surface area contributed by atoms with Crippen molar-refractivity contribution >= 4 is 5.97 Å². The monoisotopic (exact) mass is 281 g/mol. The number of carboxylic acids is 1. The normalized spacial score (nSPS) is 35.5. The van der Waals surface area contributed by atoms with Crippen molar-refractivity contribution in [2.24, 2.45) is 16.7 Å². The van der Waals surface area contributed by atoms with Crippen LogP contribution in [0.1, 0.15) is 65.7 Å². The average molecular weight is 281 g/mol. The first-order chi connectivity index (χ1) is 9.33. The van der Waals surface area contributed by atoms with Gasteiger partial charge in [0.05, 0.1) is 5.41 Å². The Hall–Kier alpha value is -0.570. The van der Waals surface area contributed by atoms with Crippen LogP contribution in [-0.2, 0) is 4.79 Å². The van der Waals surface area contributed by atoms with Crippen LogP contribution < -0.4 is 0 Å². The van der Waals surface area contributed by atoms with Crippen molar-refractivity contribution in [2.45, 2.75) is 65.7 Å². The zero-order valence-electron chi connectivity index (χ0n) is 13.5. The quantitative estimate of drug-likeness (QED) is 0.856. The Kier molecular flexibility index (Phi) is 4.78. The summed E-state index contributed by atoms with van der Waals surface area (Å²) in [6.07, 6.45) is 7.54. The molecule has 1 aliphatic carbocycles. The second kappa shape index (κ2) is 6.05. The summed E-state index contributed by atoms with van der Waals surface area (Å²) in [6.45, 7) is 9.84. The summed E-state index contributed by atoms with van der Waals surface area (Å²) >= 11 is 0. The molecule has 0 aromatic rings. The number of nitrogens with zero attached hydrogens (tertiary/aromatic N) is 1. The summed E-state index contributed by atoms with van der Waals surface area (Å²) in [4.78, 5) is 14.3. The van der Waals surface area contributed by atoms with E-state index < -0.39 is 11.4 Å². The van der Waals surface area contributed by atoms with Crippen LogP contribution in [0, 0.1) is 16.7 Å². The van der Waals surface area contributed by atoms with Crippen molar-refractivity contribution in [1.82, 2.24) is 4.90 Å². The Morgan fingerprint density at radius 2 is 1.80 bits per heavy atom. The van der Waals surface area contributed by atoms with Gasteiger partial charge in [-0.3, -0.25) is 4.79 Å². The van der Waals surface area contributed by atoms with Crippen LogP contribution in [0.3, 0.4) is 0 Å². The molecule has 0 radical (unpaired) electrons. The molecular weight excluding hydrogens is 250 g/mol. The van der Waals surface area contributed by atoms with E-state index >= 15 is 0 Å². The van der Waals surface area contributed by atoms with Gasteiger partial charge in [0, 0.05) is 6.54 Å². The lowest BCUT2D eigenvalue weighted by molar-refractivity contribution is -0.153. The molecule has 0 atom stereocenters. The second-order valence-corrected chi connectivity index (χ2v) is 8.06. The zero-order valence-corrected chi connectivity index (χ0v) is 13.5. The third-order valence-corrected chi connectivity index (χ3v) is 5.64. The van der Waals surface area contributed by atoms with E-state index in [1.54, 1.807) is 0 Å². The number of rotatable bonds is 3. The summed E-state index contributed by atoms with van der Waals surface area (Å²) in [7, 11) is 0. The fourth-order valence-electron chi connectivity index (χ4n) is 3.82. The Morgan fingerprint density at radius 3 is 2.40 bits per heavy atom. The minimum absolute atomic E-state index is 0.423. The van der Waals surface area contributed by atoms with Crippen LogP contribution >= 0.6 is 0 Å². The van der Waals surface area contributed by atoms with Crippen LogP contribution in [0.15, 0.2) is 0 Å². The maximum Gasteiger partial charge on any atom is 0.310 e. The van der Waals surface area contributed by atoms with Crippen molar-refractivity contribution < 1.29 is 9.90 Å². The van der Waals surface area contributed by atoms with Crippen LogP contribution in [0.5, 0.6) is 0 Å². The van der Waals surface area contributed by atoms with Crippen molar-refractivity contribution in [3.63, 3.8) is 0 Å². The molecular formula is C17H31NO2. The minimum atomic E-state index is -0.562. The van der Waals surface area contributed by atoms with Crippen molar-refractivity contribution in [3.8, 4) is 0 Å². The van der Waals surface area contributed by atoms with Gasteiger partial charge in [-0.05, 0) is 69.4 Å². The molecule has 20 heavy (non-hydrogen) atoms. The van der Waals surface area contributed by atoms with E-state index in [0.29, 0.717) is 11.3 Å². The summed E-state index contributed by atoms with van der Waals surface area (Å²) in [6, 6.07) is 0. The highest BCUT2D eigenvalue weighted by Gasteiger charge is 2.42. The van der Waals surface area contributed by atoms with Gasteiger partial charge < -0.3 is 10.0 Å². The smallest absolute Gasteiger partial charge is 0.310 e. The Labute approximate surface area is 123 Å². The van der Waals surface area contributed by atoms with E-state index in [0.717, 1.165) is 45.3 Å². The first-order valence-electron chi connectivity index (χ1n) is 8.29. The van der Waals surface area contributed by atoms with Gasteiger partial charge in [0.15, 0.2) is 0 Å². The van der Waals surface area contributed by atoms with Gasteiger partial charge in [0.2, 0.25) is 0 Å². The molecule has 1 saturated carbocycles. The molecule has 1 N–H and O–H groups in total. The summed E-state index contributed by atoms with van der Waals surface area (Å²) < 4.78 is 0. The standard InChI is InChI=1S/C17H31NO2/c1-14-5-8-17(9-6-14,15(19)20)13-18-11-4-7-16(2,3)10-12-18/h14H,4-13H2,1-3H3,(H,19,20).